The number of carbonyl (C=O) groups is 1. The van der Waals surface area contributed by atoms with Gasteiger partial charge in [0.1, 0.15) is 17.3 Å². The first kappa shape index (κ1) is 14.2. The monoisotopic (exact) mass is 301 g/mol. The Hall–Kier alpha value is -2.70. The zero-order chi connectivity index (χ0) is 15.5. The largest absolute Gasteiger partial charge is 0.397 e. The minimum Gasteiger partial charge on any atom is -0.397 e. The van der Waals surface area contributed by atoms with Gasteiger partial charge in [-0.05, 0) is 31.0 Å². The number of nitrogens with zero attached hydrogens (tertiary/aromatic N) is 3. The van der Waals surface area contributed by atoms with Crippen molar-refractivity contribution in [1.29, 1.82) is 0 Å². The third kappa shape index (κ3) is 2.98. The second kappa shape index (κ2) is 5.97. The van der Waals surface area contributed by atoms with Gasteiger partial charge in [0.05, 0.1) is 23.8 Å². The van der Waals surface area contributed by atoms with E-state index in [1.165, 1.54) is 24.4 Å². The van der Waals surface area contributed by atoms with Crippen LogP contribution in [0.3, 0.4) is 0 Å². The van der Waals surface area contributed by atoms with Crippen molar-refractivity contribution >= 4 is 23.1 Å². The smallest absolute Gasteiger partial charge is 0.276 e. The number of nitrogens with two attached hydrogens (primary N) is 1. The van der Waals surface area contributed by atoms with Crippen molar-refractivity contribution in [2.45, 2.75) is 12.8 Å². The average Bonchev–Trinajstić information content (AvgIpc) is 3.05. The number of nitrogens with one attached hydrogen (secondary N) is 1. The minimum absolute atomic E-state index is 0.174. The SMILES string of the molecule is Nc1ccc(F)cc1NC(=O)c1cncc(N2CCCC2)n1. The molecule has 0 spiro atoms. The van der Waals surface area contributed by atoms with Crippen LogP contribution in [-0.4, -0.2) is 29.0 Å². The molecule has 114 valence electrons. The van der Waals surface area contributed by atoms with Gasteiger partial charge in [-0.25, -0.2) is 9.37 Å². The van der Waals surface area contributed by atoms with Crippen LogP contribution in [0.15, 0.2) is 30.6 Å². The molecular formula is C15H16FN5O. The molecular weight excluding hydrogens is 285 g/mol. The summed E-state index contributed by atoms with van der Waals surface area (Å²) in [7, 11) is 0. The molecule has 3 rings (SSSR count). The van der Waals surface area contributed by atoms with Gasteiger partial charge < -0.3 is 16.0 Å². The van der Waals surface area contributed by atoms with E-state index in [4.69, 9.17) is 5.73 Å². The maximum Gasteiger partial charge on any atom is 0.276 e. The summed E-state index contributed by atoms with van der Waals surface area (Å²) >= 11 is 0. The maximum atomic E-state index is 13.2. The molecule has 7 heteroatoms. The van der Waals surface area contributed by atoms with Gasteiger partial charge in [-0.2, -0.15) is 0 Å². The first-order chi connectivity index (χ1) is 10.6. The Labute approximate surface area is 127 Å². The Morgan fingerprint density at radius 2 is 2.05 bits per heavy atom. The number of rotatable bonds is 3. The summed E-state index contributed by atoms with van der Waals surface area (Å²) in [6, 6.07) is 3.81. The Morgan fingerprint density at radius 1 is 1.27 bits per heavy atom. The topological polar surface area (TPSA) is 84.1 Å². The van der Waals surface area contributed by atoms with Crippen molar-refractivity contribution in [3.05, 3.63) is 42.1 Å². The molecule has 6 nitrogen and oxygen atoms in total. The Bertz CT molecular complexity index is 700. The lowest BCUT2D eigenvalue weighted by Gasteiger charge is -2.16. The summed E-state index contributed by atoms with van der Waals surface area (Å²) in [5.41, 5.74) is 6.40. The number of hydrogen-bond donors (Lipinski definition) is 2. The van der Waals surface area contributed by atoms with Gasteiger partial charge in [0.2, 0.25) is 0 Å². The lowest BCUT2D eigenvalue weighted by atomic mass is 10.2. The molecule has 1 amide bonds. The molecule has 2 heterocycles. The molecule has 3 N–H and O–H groups in total. The molecule has 0 atom stereocenters. The zero-order valence-electron chi connectivity index (χ0n) is 11.9. The lowest BCUT2D eigenvalue weighted by Crippen LogP contribution is -2.22. The molecule has 0 bridgehead atoms. The molecule has 0 unspecified atom stereocenters. The second-order valence-corrected chi connectivity index (χ2v) is 5.14. The third-order valence-electron chi connectivity index (χ3n) is 3.55. The van der Waals surface area contributed by atoms with Crippen LogP contribution < -0.4 is 16.0 Å². The van der Waals surface area contributed by atoms with E-state index in [-0.39, 0.29) is 11.4 Å². The summed E-state index contributed by atoms with van der Waals surface area (Å²) < 4.78 is 13.2. The summed E-state index contributed by atoms with van der Waals surface area (Å²) in [6.07, 6.45) is 5.24. The standard InChI is InChI=1S/C15H16FN5O/c16-10-3-4-11(17)12(7-10)20-15(22)13-8-18-9-14(19-13)21-5-1-2-6-21/h3-4,7-9H,1-2,5-6,17H2,(H,20,22). The molecule has 1 saturated heterocycles. The van der Waals surface area contributed by atoms with Crippen molar-refractivity contribution in [1.82, 2.24) is 9.97 Å². The molecule has 0 saturated carbocycles. The molecule has 1 aliphatic heterocycles. The van der Waals surface area contributed by atoms with Crippen molar-refractivity contribution in [3.8, 4) is 0 Å². The van der Waals surface area contributed by atoms with Gasteiger partial charge in [-0.15, -0.1) is 0 Å². The highest BCUT2D eigenvalue weighted by Gasteiger charge is 2.17. The Kier molecular flexibility index (Phi) is 3.86. The predicted octanol–water partition coefficient (Wildman–Crippen LogP) is 2.05. The van der Waals surface area contributed by atoms with Gasteiger partial charge >= 0.3 is 0 Å². The quantitative estimate of drug-likeness (QED) is 0.848. The summed E-state index contributed by atoms with van der Waals surface area (Å²) in [5.74, 6) is -0.260. The maximum absolute atomic E-state index is 13.2. The Balaban J connectivity index is 1.80. The van der Waals surface area contributed by atoms with E-state index < -0.39 is 11.7 Å². The van der Waals surface area contributed by atoms with E-state index in [1.807, 2.05) is 0 Å². The van der Waals surface area contributed by atoms with Gasteiger partial charge in [0.15, 0.2) is 0 Å². The number of halogens is 1. The summed E-state index contributed by atoms with van der Waals surface area (Å²) in [5, 5.41) is 2.56. The molecule has 1 fully saturated rings. The van der Waals surface area contributed by atoms with Crippen LogP contribution in [0.4, 0.5) is 21.6 Å². The molecule has 2 aromatic rings. The third-order valence-corrected chi connectivity index (χ3v) is 3.55. The predicted molar refractivity (Wildman–Crippen MR) is 82.2 cm³/mol. The molecule has 0 radical (unpaired) electrons. The molecule has 0 aliphatic carbocycles. The van der Waals surface area contributed by atoms with E-state index in [2.05, 4.69) is 20.2 Å². The zero-order valence-corrected chi connectivity index (χ0v) is 11.9. The number of aromatic nitrogens is 2. The molecule has 1 aromatic heterocycles. The van der Waals surface area contributed by atoms with Gasteiger partial charge in [-0.3, -0.25) is 9.78 Å². The first-order valence-corrected chi connectivity index (χ1v) is 7.07. The highest BCUT2D eigenvalue weighted by molar-refractivity contribution is 6.04. The number of amides is 1. The number of nitrogen functional groups attached to an aromatic ring is 1. The van der Waals surface area contributed by atoms with E-state index in [1.54, 1.807) is 6.20 Å². The van der Waals surface area contributed by atoms with Crippen LogP contribution in [0.2, 0.25) is 0 Å². The van der Waals surface area contributed by atoms with Crippen molar-refractivity contribution in [2.24, 2.45) is 0 Å². The minimum atomic E-state index is -0.471. The normalized spacial score (nSPS) is 14.1. The molecule has 1 aromatic carbocycles. The van der Waals surface area contributed by atoms with Gasteiger partial charge in [0, 0.05) is 13.1 Å². The van der Waals surface area contributed by atoms with Crippen LogP contribution in [0.25, 0.3) is 0 Å². The fraction of sp³-hybridized carbons (Fsp3) is 0.267. The van der Waals surface area contributed by atoms with Crippen LogP contribution in [0.1, 0.15) is 23.3 Å². The van der Waals surface area contributed by atoms with E-state index >= 15 is 0 Å². The second-order valence-electron chi connectivity index (χ2n) is 5.14. The highest BCUT2D eigenvalue weighted by atomic mass is 19.1. The fourth-order valence-corrected chi connectivity index (χ4v) is 2.39. The van der Waals surface area contributed by atoms with Crippen LogP contribution in [-0.2, 0) is 0 Å². The number of benzene rings is 1. The van der Waals surface area contributed by atoms with Crippen LogP contribution in [0, 0.1) is 5.82 Å². The van der Waals surface area contributed by atoms with Crippen molar-refractivity contribution in [3.63, 3.8) is 0 Å². The van der Waals surface area contributed by atoms with Crippen molar-refractivity contribution < 1.29 is 9.18 Å². The average molecular weight is 301 g/mol. The summed E-state index contributed by atoms with van der Waals surface area (Å²) in [4.78, 5) is 22.7. The fourth-order valence-electron chi connectivity index (χ4n) is 2.39. The summed E-state index contributed by atoms with van der Waals surface area (Å²) in [6.45, 7) is 1.83. The molecule has 1 aliphatic rings. The van der Waals surface area contributed by atoms with E-state index in [0.29, 0.717) is 11.5 Å². The van der Waals surface area contributed by atoms with Crippen molar-refractivity contribution in [2.75, 3.05) is 29.0 Å². The van der Waals surface area contributed by atoms with E-state index in [0.717, 1.165) is 25.9 Å². The lowest BCUT2D eigenvalue weighted by molar-refractivity contribution is 0.102. The van der Waals surface area contributed by atoms with Gasteiger partial charge in [-0.1, -0.05) is 0 Å². The van der Waals surface area contributed by atoms with Gasteiger partial charge in [0.25, 0.3) is 5.91 Å². The van der Waals surface area contributed by atoms with E-state index in [9.17, 15) is 9.18 Å². The first-order valence-electron chi connectivity index (χ1n) is 7.07. The number of hydrogen-bond acceptors (Lipinski definition) is 5. The number of anilines is 3. The van der Waals surface area contributed by atoms with Crippen LogP contribution >= 0.6 is 0 Å². The molecule has 22 heavy (non-hydrogen) atoms. The van der Waals surface area contributed by atoms with Crippen LogP contribution in [0.5, 0.6) is 0 Å². The number of carbonyl (C=O) groups excluding carboxylic acids is 1. The highest BCUT2D eigenvalue weighted by Crippen LogP contribution is 2.21. The Morgan fingerprint density at radius 3 is 2.82 bits per heavy atom.